The Morgan fingerprint density at radius 2 is 1.97 bits per heavy atom. The van der Waals surface area contributed by atoms with Gasteiger partial charge in [0, 0.05) is 6.07 Å². The maximum atomic E-state index is 12.9. The van der Waals surface area contributed by atoms with Gasteiger partial charge in [-0.2, -0.15) is 0 Å². The van der Waals surface area contributed by atoms with Crippen LogP contribution in [0.4, 0.5) is 5.69 Å². The standard InChI is InChI=1S/C20H18N2O5S2/c1-25-14-5-3-4-13(10-14)22-19(24)17(29-20(22)28)9-12-6-7-15(16(8-12)26-2)27-11-18(21)23/h3-10H,11H2,1-2H3,(H2,21,23)/b17-9+. The zero-order chi connectivity index (χ0) is 21.0. The van der Waals surface area contributed by atoms with Crippen LogP contribution in [0.5, 0.6) is 17.2 Å². The molecule has 1 fully saturated rings. The molecule has 0 aromatic heterocycles. The third-order valence-electron chi connectivity index (χ3n) is 3.96. The van der Waals surface area contributed by atoms with Crippen molar-refractivity contribution in [1.82, 2.24) is 0 Å². The van der Waals surface area contributed by atoms with Crippen LogP contribution in [0.1, 0.15) is 5.56 Å². The van der Waals surface area contributed by atoms with Crippen LogP contribution in [0.2, 0.25) is 0 Å². The van der Waals surface area contributed by atoms with E-state index in [0.717, 1.165) is 5.56 Å². The van der Waals surface area contributed by atoms with Crippen molar-refractivity contribution in [2.75, 3.05) is 25.7 Å². The summed E-state index contributed by atoms with van der Waals surface area (Å²) in [7, 11) is 3.05. The third kappa shape index (κ3) is 4.69. The molecule has 0 spiro atoms. The molecule has 0 saturated carbocycles. The van der Waals surface area contributed by atoms with Gasteiger partial charge in [-0.3, -0.25) is 14.5 Å². The van der Waals surface area contributed by atoms with Gasteiger partial charge in [-0.05, 0) is 35.9 Å². The van der Waals surface area contributed by atoms with Gasteiger partial charge in [0.1, 0.15) is 5.75 Å². The van der Waals surface area contributed by atoms with Crippen molar-refractivity contribution >= 4 is 51.9 Å². The highest BCUT2D eigenvalue weighted by Crippen LogP contribution is 2.38. The number of ether oxygens (including phenoxy) is 3. The van der Waals surface area contributed by atoms with E-state index in [1.807, 2.05) is 0 Å². The fraction of sp³-hybridized carbons (Fsp3) is 0.150. The molecule has 1 aliphatic heterocycles. The number of benzene rings is 2. The SMILES string of the molecule is COc1cccc(N2C(=O)/C(=C\c3ccc(OCC(N)=O)c(OC)c3)SC2=S)c1. The van der Waals surface area contributed by atoms with Crippen molar-refractivity contribution in [3.05, 3.63) is 52.9 Å². The number of thiocarbonyl (C=S) groups is 1. The Balaban J connectivity index is 1.86. The van der Waals surface area contributed by atoms with Crippen LogP contribution in [-0.2, 0) is 9.59 Å². The van der Waals surface area contributed by atoms with Gasteiger partial charge < -0.3 is 19.9 Å². The summed E-state index contributed by atoms with van der Waals surface area (Å²) in [5.41, 5.74) is 6.46. The first-order valence-electron chi connectivity index (χ1n) is 8.44. The Kier molecular flexibility index (Phi) is 6.40. The number of primary amides is 1. The molecule has 1 saturated heterocycles. The first kappa shape index (κ1) is 20.7. The van der Waals surface area contributed by atoms with E-state index in [9.17, 15) is 9.59 Å². The molecule has 0 unspecified atom stereocenters. The smallest absolute Gasteiger partial charge is 0.270 e. The van der Waals surface area contributed by atoms with Crippen LogP contribution in [0.3, 0.4) is 0 Å². The molecule has 29 heavy (non-hydrogen) atoms. The average Bonchev–Trinajstić information content (AvgIpc) is 2.99. The second-order valence-electron chi connectivity index (χ2n) is 5.88. The second-order valence-corrected chi connectivity index (χ2v) is 7.56. The highest BCUT2D eigenvalue weighted by Gasteiger charge is 2.33. The zero-order valence-corrected chi connectivity index (χ0v) is 17.3. The summed E-state index contributed by atoms with van der Waals surface area (Å²) in [6, 6.07) is 12.2. The van der Waals surface area contributed by atoms with E-state index in [1.54, 1.807) is 55.7 Å². The lowest BCUT2D eigenvalue weighted by Crippen LogP contribution is -2.27. The maximum Gasteiger partial charge on any atom is 0.270 e. The van der Waals surface area contributed by atoms with E-state index in [4.69, 9.17) is 32.2 Å². The number of thioether (sulfide) groups is 1. The molecule has 2 aromatic rings. The number of hydrogen-bond acceptors (Lipinski definition) is 7. The zero-order valence-electron chi connectivity index (χ0n) is 15.7. The Labute approximate surface area is 177 Å². The largest absolute Gasteiger partial charge is 0.497 e. The summed E-state index contributed by atoms with van der Waals surface area (Å²) in [6.07, 6.45) is 1.72. The number of amides is 2. The Morgan fingerprint density at radius 1 is 1.17 bits per heavy atom. The summed E-state index contributed by atoms with van der Waals surface area (Å²) >= 11 is 6.61. The van der Waals surface area contributed by atoms with E-state index < -0.39 is 5.91 Å². The number of carbonyl (C=O) groups is 2. The highest BCUT2D eigenvalue weighted by molar-refractivity contribution is 8.27. The molecule has 0 radical (unpaired) electrons. The van der Waals surface area contributed by atoms with E-state index in [1.165, 1.54) is 23.8 Å². The summed E-state index contributed by atoms with van der Waals surface area (Å²) in [6.45, 7) is -0.255. The van der Waals surface area contributed by atoms with E-state index in [2.05, 4.69) is 0 Å². The minimum atomic E-state index is -0.586. The number of methoxy groups -OCH3 is 2. The van der Waals surface area contributed by atoms with Crippen LogP contribution < -0.4 is 24.8 Å². The van der Waals surface area contributed by atoms with Gasteiger partial charge >= 0.3 is 0 Å². The summed E-state index contributed by atoms with van der Waals surface area (Å²) in [4.78, 5) is 25.8. The average molecular weight is 431 g/mol. The lowest BCUT2D eigenvalue weighted by atomic mass is 10.1. The van der Waals surface area contributed by atoms with Gasteiger partial charge in [0.25, 0.3) is 11.8 Å². The predicted molar refractivity (Wildman–Crippen MR) is 116 cm³/mol. The number of nitrogens with two attached hydrogens (primary N) is 1. The van der Waals surface area contributed by atoms with Crippen LogP contribution >= 0.6 is 24.0 Å². The van der Waals surface area contributed by atoms with E-state index in [0.29, 0.717) is 32.2 Å². The van der Waals surface area contributed by atoms with Crippen LogP contribution in [-0.4, -0.2) is 37.0 Å². The normalized spacial score (nSPS) is 15.0. The predicted octanol–water partition coefficient (Wildman–Crippen LogP) is 2.97. The molecule has 9 heteroatoms. The van der Waals surface area contributed by atoms with Crippen LogP contribution in [0.25, 0.3) is 6.08 Å². The number of carbonyl (C=O) groups excluding carboxylic acids is 2. The molecule has 1 aliphatic rings. The summed E-state index contributed by atoms with van der Waals surface area (Å²) in [5, 5.41) is 0. The molecule has 0 aliphatic carbocycles. The molecule has 1 heterocycles. The topological polar surface area (TPSA) is 91.1 Å². The van der Waals surface area contributed by atoms with Gasteiger partial charge in [-0.15, -0.1) is 0 Å². The highest BCUT2D eigenvalue weighted by atomic mass is 32.2. The van der Waals surface area contributed by atoms with Crippen LogP contribution in [0, 0.1) is 0 Å². The maximum absolute atomic E-state index is 12.9. The molecule has 2 amide bonds. The van der Waals surface area contributed by atoms with Gasteiger partial charge in [0.05, 0.1) is 24.8 Å². The fourth-order valence-corrected chi connectivity index (χ4v) is 3.93. The van der Waals surface area contributed by atoms with Crippen molar-refractivity contribution in [2.24, 2.45) is 5.73 Å². The van der Waals surface area contributed by atoms with E-state index in [-0.39, 0.29) is 12.5 Å². The van der Waals surface area contributed by atoms with Crippen LogP contribution in [0.15, 0.2) is 47.4 Å². The minimum Gasteiger partial charge on any atom is -0.497 e. The van der Waals surface area contributed by atoms with Crippen molar-refractivity contribution in [1.29, 1.82) is 0 Å². The van der Waals surface area contributed by atoms with Gasteiger partial charge in [-0.1, -0.05) is 36.1 Å². The molecular formula is C20H18N2O5S2. The van der Waals surface area contributed by atoms with Crippen molar-refractivity contribution in [3.8, 4) is 17.2 Å². The third-order valence-corrected chi connectivity index (χ3v) is 5.26. The number of anilines is 1. The quantitative estimate of drug-likeness (QED) is 0.533. The van der Waals surface area contributed by atoms with Crippen molar-refractivity contribution < 1.29 is 23.8 Å². The minimum absolute atomic E-state index is 0.221. The van der Waals surface area contributed by atoms with Gasteiger partial charge in [0.15, 0.2) is 22.4 Å². The lowest BCUT2D eigenvalue weighted by Gasteiger charge is -2.15. The fourth-order valence-electron chi connectivity index (χ4n) is 2.63. The molecule has 2 N–H and O–H groups in total. The summed E-state index contributed by atoms with van der Waals surface area (Å²) < 4.78 is 16.3. The molecular weight excluding hydrogens is 412 g/mol. The van der Waals surface area contributed by atoms with Gasteiger partial charge in [0.2, 0.25) is 0 Å². The first-order valence-corrected chi connectivity index (χ1v) is 9.66. The lowest BCUT2D eigenvalue weighted by molar-refractivity contribution is -0.120. The molecule has 3 rings (SSSR count). The molecule has 0 atom stereocenters. The molecule has 150 valence electrons. The summed E-state index contributed by atoms with van der Waals surface area (Å²) in [5.74, 6) is 0.631. The van der Waals surface area contributed by atoms with E-state index >= 15 is 0 Å². The monoisotopic (exact) mass is 430 g/mol. The first-order chi connectivity index (χ1) is 13.9. The Morgan fingerprint density at radius 3 is 2.66 bits per heavy atom. The Hall–Kier alpha value is -3.04. The number of hydrogen-bond donors (Lipinski definition) is 1. The van der Waals surface area contributed by atoms with Crippen molar-refractivity contribution in [2.45, 2.75) is 0 Å². The molecule has 2 aromatic carbocycles. The number of rotatable bonds is 7. The Bertz CT molecular complexity index is 1010. The second kappa shape index (κ2) is 8.97. The molecule has 0 bridgehead atoms. The molecule has 7 nitrogen and oxygen atoms in total. The number of nitrogens with zero attached hydrogens (tertiary/aromatic N) is 1. The van der Waals surface area contributed by atoms with Gasteiger partial charge in [-0.25, -0.2) is 0 Å². The van der Waals surface area contributed by atoms with Crippen molar-refractivity contribution in [3.63, 3.8) is 0 Å².